The maximum atomic E-state index is 13.0. The number of methoxy groups -OCH3 is 1. The zero-order chi connectivity index (χ0) is 20.1. The number of likely N-dealkylation sites (N-methyl/N-ethyl adjacent to an activating group) is 1. The second-order valence-electron chi connectivity index (χ2n) is 7.56. The molecule has 1 aliphatic rings. The van der Waals surface area contributed by atoms with Gasteiger partial charge in [-0.1, -0.05) is 31.4 Å². The fraction of sp³-hybridized carbons (Fsp3) is 0.571. The summed E-state index contributed by atoms with van der Waals surface area (Å²) in [6, 6.07) is 7.74. The second-order valence-corrected chi connectivity index (χ2v) is 7.56. The van der Waals surface area contributed by atoms with Crippen molar-refractivity contribution in [2.24, 2.45) is 0 Å². The minimum Gasteiger partial charge on any atom is -0.375 e. The minimum absolute atomic E-state index is 0.00603. The number of amides is 2. The number of nitrogens with zero attached hydrogens (tertiary/aromatic N) is 3. The Morgan fingerprint density at radius 3 is 2.71 bits per heavy atom. The molecule has 7 heteroatoms. The summed E-state index contributed by atoms with van der Waals surface area (Å²) < 4.78 is 6.82. The van der Waals surface area contributed by atoms with Crippen molar-refractivity contribution in [3.8, 4) is 0 Å². The highest BCUT2D eigenvalue weighted by atomic mass is 16.5. The number of hydrogen-bond acceptors (Lipinski definition) is 4. The summed E-state index contributed by atoms with van der Waals surface area (Å²) in [6.45, 7) is 2.09. The Hall–Kier alpha value is -2.41. The van der Waals surface area contributed by atoms with Gasteiger partial charge in [-0.15, -0.1) is 0 Å². The molecule has 0 radical (unpaired) electrons. The first kappa shape index (κ1) is 20.3. The molecule has 1 aromatic carbocycles. The lowest BCUT2D eigenvalue weighted by Crippen LogP contribution is -2.40. The van der Waals surface area contributed by atoms with Gasteiger partial charge in [0, 0.05) is 20.2 Å². The summed E-state index contributed by atoms with van der Waals surface area (Å²) in [6.07, 6.45) is 5.77. The molecule has 152 valence electrons. The van der Waals surface area contributed by atoms with Gasteiger partial charge >= 0.3 is 0 Å². The first-order chi connectivity index (χ1) is 13.5. The van der Waals surface area contributed by atoms with E-state index < -0.39 is 0 Å². The number of para-hydroxylation sites is 2. The molecule has 28 heavy (non-hydrogen) atoms. The maximum Gasteiger partial charge on any atom is 0.246 e. The average molecular weight is 386 g/mol. The van der Waals surface area contributed by atoms with Gasteiger partial charge in [-0.3, -0.25) is 9.59 Å². The van der Waals surface area contributed by atoms with Crippen LogP contribution in [0.5, 0.6) is 0 Å². The number of aromatic nitrogens is 2. The number of hydrogen-bond donors (Lipinski definition) is 1. The largest absolute Gasteiger partial charge is 0.375 e. The summed E-state index contributed by atoms with van der Waals surface area (Å²) in [5.41, 5.74) is 1.72. The standard InChI is InChI=1S/C21H30N4O3/c1-15(22-19(26)14-28-3)21-23-17-11-7-8-12-18(17)25(21)13-20(27)24(2)16-9-5-4-6-10-16/h7-8,11-12,15-16H,4-6,9-10,13-14H2,1-3H3,(H,22,26). The van der Waals surface area contributed by atoms with Gasteiger partial charge in [0.05, 0.1) is 17.1 Å². The lowest BCUT2D eigenvalue weighted by atomic mass is 9.94. The second kappa shape index (κ2) is 9.19. The van der Waals surface area contributed by atoms with Crippen LogP contribution >= 0.6 is 0 Å². The molecular weight excluding hydrogens is 356 g/mol. The molecule has 2 amide bonds. The molecule has 1 N–H and O–H groups in total. The number of nitrogens with one attached hydrogen (secondary N) is 1. The zero-order valence-electron chi connectivity index (χ0n) is 17.0. The van der Waals surface area contributed by atoms with Crippen LogP contribution in [0.15, 0.2) is 24.3 Å². The summed E-state index contributed by atoms with van der Waals surface area (Å²) in [5.74, 6) is 0.544. The normalized spacial score (nSPS) is 16.1. The molecule has 0 spiro atoms. The van der Waals surface area contributed by atoms with E-state index in [0.717, 1.165) is 23.9 Å². The Morgan fingerprint density at radius 1 is 1.29 bits per heavy atom. The molecular formula is C21H30N4O3. The molecule has 1 heterocycles. The van der Waals surface area contributed by atoms with E-state index in [1.165, 1.54) is 26.4 Å². The molecule has 0 saturated heterocycles. The molecule has 2 aromatic rings. The van der Waals surface area contributed by atoms with Crippen LogP contribution in [0.1, 0.15) is 50.9 Å². The molecule has 3 rings (SSSR count). The lowest BCUT2D eigenvalue weighted by molar-refractivity contribution is -0.133. The van der Waals surface area contributed by atoms with Gasteiger partial charge in [-0.2, -0.15) is 0 Å². The van der Waals surface area contributed by atoms with Crippen LogP contribution < -0.4 is 5.32 Å². The van der Waals surface area contributed by atoms with Crippen molar-refractivity contribution in [1.29, 1.82) is 0 Å². The number of benzene rings is 1. The molecule has 1 atom stereocenters. The van der Waals surface area contributed by atoms with Gasteiger partial charge in [0.2, 0.25) is 11.8 Å². The molecule has 0 aliphatic heterocycles. The van der Waals surface area contributed by atoms with E-state index in [1.54, 1.807) is 0 Å². The predicted octanol–water partition coefficient (Wildman–Crippen LogP) is 2.65. The zero-order valence-corrected chi connectivity index (χ0v) is 17.0. The van der Waals surface area contributed by atoms with Crippen LogP contribution in [-0.2, 0) is 20.9 Å². The van der Waals surface area contributed by atoms with E-state index in [4.69, 9.17) is 4.74 Å². The highest BCUT2D eigenvalue weighted by Gasteiger charge is 2.25. The van der Waals surface area contributed by atoms with Crippen molar-refractivity contribution in [2.45, 2.75) is 57.7 Å². The number of rotatable bonds is 7. The van der Waals surface area contributed by atoms with Gasteiger partial charge in [-0.25, -0.2) is 4.98 Å². The lowest BCUT2D eigenvalue weighted by Gasteiger charge is -2.31. The van der Waals surface area contributed by atoms with Crippen LogP contribution in [0.25, 0.3) is 11.0 Å². The fourth-order valence-electron chi connectivity index (χ4n) is 3.99. The van der Waals surface area contributed by atoms with E-state index in [0.29, 0.717) is 11.9 Å². The Labute approximate surface area is 166 Å². The summed E-state index contributed by atoms with van der Waals surface area (Å²) in [7, 11) is 3.39. The van der Waals surface area contributed by atoms with Crippen LogP contribution in [0.3, 0.4) is 0 Å². The minimum atomic E-state index is -0.331. The van der Waals surface area contributed by atoms with E-state index in [9.17, 15) is 9.59 Å². The monoisotopic (exact) mass is 386 g/mol. The Kier molecular flexibility index (Phi) is 6.67. The number of carbonyl (C=O) groups excluding carboxylic acids is 2. The van der Waals surface area contributed by atoms with Crippen molar-refractivity contribution in [2.75, 3.05) is 20.8 Å². The van der Waals surface area contributed by atoms with Crippen molar-refractivity contribution >= 4 is 22.8 Å². The molecule has 7 nitrogen and oxygen atoms in total. The number of ether oxygens (including phenoxy) is 1. The topological polar surface area (TPSA) is 76.5 Å². The first-order valence-corrected chi connectivity index (χ1v) is 10.0. The van der Waals surface area contributed by atoms with Crippen LogP contribution in [0.2, 0.25) is 0 Å². The summed E-state index contributed by atoms with van der Waals surface area (Å²) in [5, 5.41) is 2.89. The summed E-state index contributed by atoms with van der Waals surface area (Å²) >= 11 is 0. The van der Waals surface area contributed by atoms with Gasteiger partial charge < -0.3 is 19.5 Å². The van der Waals surface area contributed by atoms with Crippen molar-refractivity contribution < 1.29 is 14.3 Å². The molecule has 1 aromatic heterocycles. The van der Waals surface area contributed by atoms with E-state index in [1.807, 2.05) is 47.7 Å². The third-order valence-electron chi connectivity index (χ3n) is 5.53. The fourth-order valence-corrected chi connectivity index (χ4v) is 3.99. The van der Waals surface area contributed by atoms with Crippen molar-refractivity contribution in [3.05, 3.63) is 30.1 Å². The molecule has 1 unspecified atom stereocenters. The Morgan fingerprint density at radius 2 is 2.00 bits per heavy atom. The van der Waals surface area contributed by atoms with Crippen molar-refractivity contribution in [1.82, 2.24) is 19.8 Å². The molecule has 1 aliphatic carbocycles. The van der Waals surface area contributed by atoms with Gasteiger partial charge in [-0.05, 0) is 31.9 Å². The average Bonchev–Trinajstić information content (AvgIpc) is 3.07. The van der Waals surface area contributed by atoms with Gasteiger partial charge in [0.1, 0.15) is 19.0 Å². The predicted molar refractivity (Wildman–Crippen MR) is 108 cm³/mol. The van der Waals surface area contributed by atoms with Crippen LogP contribution in [0.4, 0.5) is 0 Å². The highest BCUT2D eigenvalue weighted by molar-refractivity contribution is 5.82. The van der Waals surface area contributed by atoms with Crippen LogP contribution in [0, 0.1) is 0 Å². The maximum absolute atomic E-state index is 13.0. The van der Waals surface area contributed by atoms with Gasteiger partial charge in [0.15, 0.2) is 0 Å². The van der Waals surface area contributed by atoms with E-state index in [2.05, 4.69) is 10.3 Å². The third kappa shape index (κ3) is 4.52. The SMILES string of the molecule is COCC(=O)NC(C)c1nc2ccccc2n1CC(=O)N(C)C1CCCCC1. The Bertz CT molecular complexity index is 826. The smallest absolute Gasteiger partial charge is 0.246 e. The van der Waals surface area contributed by atoms with Crippen molar-refractivity contribution in [3.63, 3.8) is 0 Å². The number of fused-ring (bicyclic) bond motifs is 1. The summed E-state index contributed by atoms with van der Waals surface area (Å²) in [4.78, 5) is 31.5. The molecule has 1 saturated carbocycles. The van der Waals surface area contributed by atoms with Gasteiger partial charge in [0.25, 0.3) is 0 Å². The van der Waals surface area contributed by atoms with E-state index >= 15 is 0 Å². The highest BCUT2D eigenvalue weighted by Crippen LogP contribution is 2.24. The number of imidazole rings is 1. The third-order valence-corrected chi connectivity index (χ3v) is 5.53. The van der Waals surface area contributed by atoms with Crippen LogP contribution in [-0.4, -0.2) is 53.1 Å². The Balaban J connectivity index is 1.84. The quantitative estimate of drug-likeness (QED) is 0.794. The first-order valence-electron chi connectivity index (χ1n) is 10.0. The molecule has 0 bridgehead atoms. The number of carbonyl (C=O) groups is 2. The van der Waals surface area contributed by atoms with E-state index in [-0.39, 0.29) is 31.0 Å². The molecule has 1 fully saturated rings.